The van der Waals surface area contributed by atoms with E-state index in [-0.39, 0.29) is 10.1 Å². The molecule has 0 aliphatic heterocycles. The molecule has 0 spiro atoms. The summed E-state index contributed by atoms with van der Waals surface area (Å²) in [6.45, 7) is 2.73. The topological polar surface area (TPSA) is 75.3 Å². The molecular weight excluding hydrogens is 332 g/mol. The van der Waals surface area contributed by atoms with E-state index in [0.717, 1.165) is 30.6 Å². The summed E-state index contributed by atoms with van der Waals surface area (Å²) in [4.78, 5) is 12.1. The van der Waals surface area contributed by atoms with E-state index in [1.54, 1.807) is 35.7 Å². The number of amides is 1. The van der Waals surface area contributed by atoms with Gasteiger partial charge >= 0.3 is 0 Å². The van der Waals surface area contributed by atoms with Gasteiger partial charge in [-0.3, -0.25) is 9.52 Å². The lowest BCUT2D eigenvalue weighted by Crippen LogP contribution is -2.24. The Hall–Kier alpha value is -1.86. The van der Waals surface area contributed by atoms with Crippen molar-refractivity contribution in [2.45, 2.75) is 30.4 Å². The maximum absolute atomic E-state index is 12.2. The summed E-state index contributed by atoms with van der Waals surface area (Å²) in [5.41, 5.74) is 0.812. The fraction of sp³-hybridized carbons (Fsp3) is 0.312. The lowest BCUT2D eigenvalue weighted by molar-refractivity contribution is 0.0953. The predicted molar refractivity (Wildman–Crippen MR) is 93.4 cm³/mol. The predicted octanol–water partition coefficient (Wildman–Crippen LogP) is 3.47. The van der Waals surface area contributed by atoms with Crippen molar-refractivity contribution in [1.82, 2.24) is 5.32 Å². The van der Waals surface area contributed by atoms with Gasteiger partial charge in [-0.25, -0.2) is 8.42 Å². The Morgan fingerprint density at radius 3 is 2.70 bits per heavy atom. The van der Waals surface area contributed by atoms with Crippen LogP contribution in [0.2, 0.25) is 0 Å². The van der Waals surface area contributed by atoms with E-state index in [1.807, 2.05) is 0 Å². The maximum Gasteiger partial charge on any atom is 0.271 e. The van der Waals surface area contributed by atoms with Gasteiger partial charge in [0.1, 0.15) is 4.21 Å². The first-order valence-corrected chi connectivity index (χ1v) is 9.84. The Balaban J connectivity index is 2.04. The van der Waals surface area contributed by atoms with Crippen molar-refractivity contribution >= 4 is 33.0 Å². The molecule has 7 heteroatoms. The van der Waals surface area contributed by atoms with Crippen LogP contribution >= 0.6 is 11.3 Å². The molecule has 1 aromatic heterocycles. The number of nitrogens with one attached hydrogen (secondary N) is 2. The lowest BCUT2D eigenvalue weighted by Gasteiger charge is -2.09. The molecule has 0 unspecified atom stereocenters. The SMILES string of the molecule is CCCCCNC(=O)c1cccc(NS(=O)(=O)c2cccs2)c1. The highest BCUT2D eigenvalue weighted by molar-refractivity contribution is 7.94. The summed E-state index contributed by atoms with van der Waals surface area (Å²) >= 11 is 1.15. The highest BCUT2D eigenvalue weighted by Gasteiger charge is 2.15. The molecule has 0 atom stereocenters. The summed E-state index contributed by atoms with van der Waals surface area (Å²) in [6, 6.07) is 9.71. The molecule has 0 aliphatic carbocycles. The Bertz CT molecular complexity index is 740. The lowest BCUT2D eigenvalue weighted by atomic mass is 10.2. The van der Waals surface area contributed by atoms with Gasteiger partial charge in [-0.15, -0.1) is 11.3 Å². The second-order valence-corrected chi connectivity index (χ2v) is 7.94. The van der Waals surface area contributed by atoms with E-state index in [0.29, 0.717) is 17.8 Å². The molecule has 0 saturated carbocycles. The second-order valence-electron chi connectivity index (χ2n) is 5.08. The third-order valence-electron chi connectivity index (χ3n) is 3.20. The number of benzene rings is 1. The number of hydrogen-bond donors (Lipinski definition) is 2. The molecule has 23 heavy (non-hydrogen) atoms. The van der Waals surface area contributed by atoms with Crippen LogP contribution in [0.15, 0.2) is 46.0 Å². The van der Waals surface area contributed by atoms with Crippen molar-refractivity contribution in [1.29, 1.82) is 0 Å². The van der Waals surface area contributed by atoms with Crippen LogP contribution in [0.25, 0.3) is 0 Å². The number of rotatable bonds is 8. The third kappa shape index (κ3) is 5.07. The fourth-order valence-corrected chi connectivity index (χ4v) is 4.07. The van der Waals surface area contributed by atoms with Crippen molar-refractivity contribution in [3.8, 4) is 0 Å². The van der Waals surface area contributed by atoms with Gasteiger partial charge in [0.05, 0.1) is 0 Å². The van der Waals surface area contributed by atoms with Crippen LogP contribution in [-0.2, 0) is 10.0 Å². The van der Waals surface area contributed by atoms with Gasteiger partial charge in [0.15, 0.2) is 0 Å². The van der Waals surface area contributed by atoms with E-state index in [9.17, 15) is 13.2 Å². The number of thiophene rings is 1. The van der Waals surface area contributed by atoms with Gasteiger partial charge < -0.3 is 5.32 Å². The largest absolute Gasteiger partial charge is 0.352 e. The average Bonchev–Trinajstić information content (AvgIpc) is 3.06. The molecule has 2 aromatic rings. The number of unbranched alkanes of at least 4 members (excludes halogenated alkanes) is 2. The summed E-state index contributed by atoms with van der Waals surface area (Å²) in [5, 5.41) is 4.54. The summed E-state index contributed by atoms with van der Waals surface area (Å²) in [6.07, 6.45) is 3.10. The van der Waals surface area contributed by atoms with Gasteiger partial charge in [-0.2, -0.15) is 0 Å². The highest BCUT2D eigenvalue weighted by atomic mass is 32.2. The molecule has 5 nitrogen and oxygen atoms in total. The van der Waals surface area contributed by atoms with Crippen molar-refractivity contribution in [3.63, 3.8) is 0 Å². The molecule has 0 aliphatic rings. The van der Waals surface area contributed by atoms with Crippen LogP contribution < -0.4 is 10.0 Å². The van der Waals surface area contributed by atoms with E-state index in [1.165, 1.54) is 6.07 Å². The van der Waals surface area contributed by atoms with Gasteiger partial charge in [-0.1, -0.05) is 31.9 Å². The van der Waals surface area contributed by atoms with Crippen LogP contribution in [-0.4, -0.2) is 20.9 Å². The zero-order chi connectivity index (χ0) is 16.7. The molecule has 2 rings (SSSR count). The van der Waals surface area contributed by atoms with E-state index in [2.05, 4.69) is 17.0 Å². The number of carbonyl (C=O) groups excluding carboxylic acids is 1. The number of carbonyl (C=O) groups is 1. The zero-order valence-electron chi connectivity index (χ0n) is 12.9. The van der Waals surface area contributed by atoms with Gasteiger partial charge in [0, 0.05) is 17.8 Å². The maximum atomic E-state index is 12.2. The second kappa shape index (κ2) is 8.12. The van der Waals surface area contributed by atoms with Crippen molar-refractivity contribution < 1.29 is 13.2 Å². The monoisotopic (exact) mass is 352 g/mol. The highest BCUT2D eigenvalue weighted by Crippen LogP contribution is 2.20. The minimum absolute atomic E-state index is 0.196. The number of anilines is 1. The smallest absolute Gasteiger partial charge is 0.271 e. The van der Waals surface area contributed by atoms with Crippen LogP contribution in [0.4, 0.5) is 5.69 Å². The fourth-order valence-electron chi connectivity index (χ4n) is 2.02. The van der Waals surface area contributed by atoms with Crippen molar-refractivity contribution in [2.24, 2.45) is 0 Å². The third-order valence-corrected chi connectivity index (χ3v) is 5.98. The quantitative estimate of drug-likeness (QED) is 0.714. The van der Waals surface area contributed by atoms with Gasteiger partial charge in [-0.05, 0) is 36.1 Å². The van der Waals surface area contributed by atoms with Gasteiger partial charge in [0.2, 0.25) is 0 Å². The van der Waals surface area contributed by atoms with E-state index in [4.69, 9.17) is 0 Å². The van der Waals surface area contributed by atoms with Crippen LogP contribution in [0.3, 0.4) is 0 Å². The first-order chi connectivity index (χ1) is 11.0. The van der Waals surface area contributed by atoms with Crippen LogP contribution in [0, 0.1) is 0 Å². The molecule has 0 fully saturated rings. The molecule has 0 bridgehead atoms. The Labute approximate surface area is 140 Å². The minimum atomic E-state index is -3.60. The Morgan fingerprint density at radius 2 is 2.00 bits per heavy atom. The molecular formula is C16H20N2O3S2. The normalized spacial score (nSPS) is 11.2. The summed E-state index contributed by atoms with van der Waals surface area (Å²) < 4.78 is 27.1. The van der Waals surface area contributed by atoms with Gasteiger partial charge in [0.25, 0.3) is 15.9 Å². The average molecular weight is 352 g/mol. The van der Waals surface area contributed by atoms with Crippen LogP contribution in [0.5, 0.6) is 0 Å². The molecule has 0 saturated heterocycles. The molecule has 2 N–H and O–H groups in total. The van der Waals surface area contributed by atoms with E-state index >= 15 is 0 Å². The zero-order valence-corrected chi connectivity index (χ0v) is 14.5. The number of hydrogen-bond acceptors (Lipinski definition) is 4. The Kier molecular flexibility index (Phi) is 6.18. The summed E-state index contributed by atoms with van der Waals surface area (Å²) in [5.74, 6) is -0.196. The molecule has 1 aromatic carbocycles. The van der Waals surface area contributed by atoms with Crippen molar-refractivity contribution in [3.05, 3.63) is 47.3 Å². The first kappa shape index (κ1) is 17.5. The molecule has 1 amide bonds. The number of sulfonamides is 1. The van der Waals surface area contributed by atoms with Crippen LogP contribution in [0.1, 0.15) is 36.5 Å². The van der Waals surface area contributed by atoms with Crippen molar-refractivity contribution in [2.75, 3.05) is 11.3 Å². The van der Waals surface area contributed by atoms with E-state index < -0.39 is 10.0 Å². The first-order valence-electron chi connectivity index (χ1n) is 7.47. The standard InChI is InChI=1S/C16H20N2O3S2/c1-2-3-4-10-17-16(19)13-7-5-8-14(12-13)18-23(20,21)15-9-6-11-22-15/h5-9,11-12,18H,2-4,10H2,1H3,(H,17,19). The minimum Gasteiger partial charge on any atom is -0.352 e. The molecule has 124 valence electrons. The summed E-state index contributed by atoms with van der Waals surface area (Å²) in [7, 11) is -3.60. The Morgan fingerprint density at radius 1 is 1.17 bits per heavy atom. The molecule has 1 heterocycles. The molecule has 0 radical (unpaired) electrons.